The number of methoxy groups -OCH3 is 1. The molecule has 1 amide bonds. The molecule has 1 aliphatic carbocycles. The highest BCUT2D eigenvalue weighted by atomic mass is 32.1. The number of esters is 1. The Bertz CT molecular complexity index is 569. The summed E-state index contributed by atoms with van der Waals surface area (Å²) in [4.78, 5) is 35.4. The van der Waals surface area contributed by atoms with E-state index in [-0.39, 0.29) is 17.3 Å². The minimum Gasteiger partial charge on any atom is -0.467 e. The Morgan fingerprint density at radius 1 is 1.45 bits per heavy atom. The van der Waals surface area contributed by atoms with Gasteiger partial charge < -0.3 is 10.1 Å². The Hall–Kier alpha value is -1.63. The third-order valence-corrected chi connectivity index (χ3v) is 4.57. The van der Waals surface area contributed by atoms with E-state index in [2.05, 4.69) is 5.32 Å². The Morgan fingerprint density at radius 3 is 2.60 bits per heavy atom. The lowest BCUT2D eigenvalue weighted by Gasteiger charge is -2.27. The molecule has 0 aromatic carbocycles. The number of carbonyl (C=O) groups is 2. The molecule has 6 nitrogen and oxygen atoms in total. The van der Waals surface area contributed by atoms with Crippen LogP contribution >= 0.6 is 11.3 Å². The summed E-state index contributed by atoms with van der Waals surface area (Å²) in [6, 6.07) is 0. The van der Waals surface area contributed by atoms with Crippen molar-refractivity contribution in [3.63, 3.8) is 0 Å². The Balaban J connectivity index is 2.10. The highest BCUT2D eigenvalue weighted by molar-refractivity contribution is 7.07. The molecule has 1 N–H and O–H groups in total. The van der Waals surface area contributed by atoms with Crippen molar-refractivity contribution in [3.05, 3.63) is 20.7 Å². The number of amides is 1. The molecule has 0 aliphatic heterocycles. The molecular weight excluding hydrogens is 280 g/mol. The maximum absolute atomic E-state index is 12.1. The van der Waals surface area contributed by atoms with E-state index in [0.29, 0.717) is 12.8 Å². The van der Waals surface area contributed by atoms with Gasteiger partial charge in [0.15, 0.2) is 0 Å². The highest BCUT2D eigenvalue weighted by Gasteiger charge is 2.43. The van der Waals surface area contributed by atoms with Crippen LogP contribution in [0.25, 0.3) is 0 Å². The lowest BCUT2D eigenvalue weighted by molar-refractivity contribution is -0.150. The van der Waals surface area contributed by atoms with Crippen LogP contribution in [0.15, 0.2) is 10.2 Å². The first-order chi connectivity index (χ1) is 9.48. The zero-order valence-electron chi connectivity index (χ0n) is 11.6. The number of nitrogens with one attached hydrogen (secondary N) is 1. The molecule has 0 radical (unpaired) electrons. The van der Waals surface area contributed by atoms with Crippen LogP contribution in [0, 0.1) is 6.92 Å². The SMILES string of the molecule is COC(=O)C1(NC(=O)Cn2c(C)csc2=O)CCCC1. The first-order valence-electron chi connectivity index (χ1n) is 6.53. The maximum Gasteiger partial charge on any atom is 0.331 e. The summed E-state index contributed by atoms with van der Waals surface area (Å²) in [5, 5.41) is 4.48. The molecule has 1 aromatic rings. The molecule has 1 fully saturated rings. The normalized spacial score (nSPS) is 16.9. The van der Waals surface area contributed by atoms with Crippen LogP contribution in [0.4, 0.5) is 0 Å². The summed E-state index contributed by atoms with van der Waals surface area (Å²) >= 11 is 1.06. The van der Waals surface area contributed by atoms with Gasteiger partial charge in [0.05, 0.1) is 7.11 Å². The van der Waals surface area contributed by atoms with E-state index in [0.717, 1.165) is 29.9 Å². The largest absolute Gasteiger partial charge is 0.467 e. The minimum absolute atomic E-state index is 0.0626. The number of rotatable bonds is 4. The van der Waals surface area contributed by atoms with Crippen LogP contribution in [0.1, 0.15) is 31.4 Å². The predicted octanol–water partition coefficient (Wildman–Crippen LogP) is 0.820. The second-order valence-electron chi connectivity index (χ2n) is 5.06. The van der Waals surface area contributed by atoms with Crippen LogP contribution in [-0.4, -0.2) is 29.1 Å². The topological polar surface area (TPSA) is 77.4 Å². The standard InChI is InChI=1S/C13H18N2O4S/c1-9-8-20-12(18)15(9)7-10(16)14-13(11(17)19-2)5-3-4-6-13/h8H,3-7H2,1-2H3,(H,14,16). The molecular formula is C13H18N2O4S. The molecule has 0 spiro atoms. The van der Waals surface area contributed by atoms with Crippen molar-refractivity contribution < 1.29 is 14.3 Å². The van der Waals surface area contributed by atoms with E-state index in [1.807, 2.05) is 0 Å². The summed E-state index contributed by atoms with van der Waals surface area (Å²) in [7, 11) is 1.32. The lowest BCUT2D eigenvalue weighted by Crippen LogP contribution is -2.54. The minimum atomic E-state index is -0.917. The monoisotopic (exact) mass is 298 g/mol. The number of aryl methyl sites for hydroxylation is 1. The molecule has 0 unspecified atom stereocenters. The van der Waals surface area contributed by atoms with E-state index in [4.69, 9.17) is 4.74 Å². The first kappa shape index (κ1) is 14.8. The van der Waals surface area contributed by atoms with Crippen molar-refractivity contribution >= 4 is 23.2 Å². The Morgan fingerprint density at radius 2 is 2.10 bits per heavy atom. The maximum atomic E-state index is 12.1. The number of hydrogen-bond donors (Lipinski definition) is 1. The molecule has 110 valence electrons. The van der Waals surface area contributed by atoms with Gasteiger partial charge in [-0.05, 0) is 19.8 Å². The average Bonchev–Trinajstić information content (AvgIpc) is 3.00. The van der Waals surface area contributed by atoms with Gasteiger partial charge in [-0.2, -0.15) is 0 Å². The summed E-state index contributed by atoms with van der Waals surface area (Å²) in [6.07, 6.45) is 2.94. The summed E-state index contributed by atoms with van der Waals surface area (Å²) in [5.41, 5.74) is -0.173. The van der Waals surface area contributed by atoms with E-state index in [1.54, 1.807) is 12.3 Å². The van der Waals surface area contributed by atoms with Crippen LogP contribution in [0.3, 0.4) is 0 Å². The number of carbonyl (C=O) groups excluding carboxylic acids is 2. The molecule has 2 rings (SSSR count). The van der Waals surface area contributed by atoms with Gasteiger partial charge in [0.25, 0.3) is 0 Å². The van der Waals surface area contributed by atoms with E-state index < -0.39 is 11.5 Å². The molecule has 7 heteroatoms. The lowest BCUT2D eigenvalue weighted by atomic mass is 9.97. The molecule has 1 aromatic heterocycles. The van der Waals surface area contributed by atoms with Gasteiger partial charge in [0.1, 0.15) is 12.1 Å². The van der Waals surface area contributed by atoms with Crippen LogP contribution in [0.2, 0.25) is 0 Å². The zero-order valence-corrected chi connectivity index (χ0v) is 12.4. The highest BCUT2D eigenvalue weighted by Crippen LogP contribution is 2.30. The number of hydrogen-bond acceptors (Lipinski definition) is 5. The van der Waals surface area contributed by atoms with Crippen molar-refractivity contribution in [2.45, 2.75) is 44.7 Å². The predicted molar refractivity (Wildman–Crippen MR) is 74.7 cm³/mol. The molecule has 1 heterocycles. The summed E-state index contributed by atoms with van der Waals surface area (Å²) < 4.78 is 6.20. The molecule has 0 saturated heterocycles. The second kappa shape index (κ2) is 5.78. The van der Waals surface area contributed by atoms with Gasteiger partial charge in [-0.3, -0.25) is 14.2 Å². The van der Waals surface area contributed by atoms with Gasteiger partial charge in [0.2, 0.25) is 5.91 Å². The van der Waals surface area contributed by atoms with E-state index >= 15 is 0 Å². The van der Waals surface area contributed by atoms with E-state index in [1.165, 1.54) is 11.7 Å². The van der Waals surface area contributed by atoms with Gasteiger partial charge in [-0.15, -0.1) is 0 Å². The van der Waals surface area contributed by atoms with Crippen LogP contribution < -0.4 is 10.2 Å². The Kier molecular flexibility index (Phi) is 4.27. The fraction of sp³-hybridized carbons (Fsp3) is 0.615. The van der Waals surface area contributed by atoms with Crippen LogP contribution in [-0.2, 0) is 20.9 Å². The zero-order chi connectivity index (χ0) is 14.8. The third kappa shape index (κ3) is 2.77. The molecule has 1 aliphatic rings. The smallest absolute Gasteiger partial charge is 0.331 e. The van der Waals surface area contributed by atoms with Gasteiger partial charge in [0, 0.05) is 11.1 Å². The van der Waals surface area contributed by atoms with Crippen LogP contribution in [0.5, 0.6) is 0 Å². The summed E-state index contributed by atoms with van der Waals surface area (Å²) in [5.74, 6) is -0.737. The Labute approximate surface area is 120 Å². The molecule has 0 bridgehead atoms. The number of nitrogens with zero attached hydrogens (tertiary/aromatic N) is 1. The van der Waals surface area contributed by atoms with Crippen molar-refractivity contribution in [2.75, 3.05) is 7.11 Å². The number of ether oxygens (including phenoxy) is 1. The molecule has 0 atom stereocenters. The van der Waals surface area contributed by atoms with E-state index in [9.17, 15) is 14.4 Å². The van der Waals surface area contributed by atoms with Crippen molar-refractivity contribution in [2.24, 2.45) is 0 Å². The van der Waals surface area contributed by atoms with Crippen molar-refractivity contribution in [3.8, 4) is 0 Å². The molecule has 20 heavy (non-hydrogen) atoms. The molecule has 1 saturated carbocycles. The van der Waals surface area contributed by atoms with Gasteiger partial charge in [-0.1, -0.05) is 24.2 Å². The second-order valence-corrected chi connectivity index (χ2v) is 5.88. The van der Waals surface area contributed by atoms with Gasteiger partial charge in [-0.25, -0.2) is 4.79 Å². The summed E-state index contributed by atoms with van der Waals surface area (Å²) in [6.45, 7) is 1.71. The third-order valence-electron chi connectivity index (χ3n) is 3.69. The fourth-order valence-electron chi connectivity index (χ4n) is 2.60. The van der Waals surface area contributed by atoms with Gasteiger partial charge >= 0.3 is 10.8 Å². The number of aromatic nitrogens is 1. The van der Waals surface area contributed by atoms with Crippen molar-refractivity contribution in [1.82, 2.24) is 9.88 Å². The quantitative estimate of drug-likeness (QED) is 0.835. The number of thiazole rings is 1. The van der Waals surface area contributed by atoms with Crippen molar-refractivity contribution in [1.29, 1.82) is 0 Å². The average molecular weight is 298 g/mol. The fourth-order valence-corrected chi connectivity index (χ4v) is 3.33. The first-order valence-corrected chi connectivity index (χ1v) is 7.41.